The summed E-state index contributed by atoms with van der Waals surface area (Å²) >= 11 is 12.9. The summed E-state index contributed by atoms with van der Waals surface area (Å²) in [7, 11) is 0. The number of carbonyl (C=O) groups excluding carboxylic acids is 1. The van der Waals surface area contributed by atoms with Crippen LogP contribution in [-0.4, -0.2) is 24.9 Å². The lowest BCUT2D eigenvalue weighted by atomic mass is 10.1. The van der Waals surface area contributed by atoms with E-state index in [0.717, 1.165) is 33.6 Å². The highest BCUT2D eigenvalue weighted by Crippen LogP contribution is 2.36. The second-order valence-electron chi connectivity index (χ2n) is 9.41. The third-order valence-electron chi connectivity index (χ3n) is 6.53. The van der Waals surface area contributed by atoms with Gasteiger partial charge in [-0.3, -0.25) is 9.69 Å². The van der Waals surface area contributed by atoms with Crippen molar-refractivity contribution in [1.29, 1.82) is 0 Å². The largest absolute Gasteiger partial charge is 0.489 e. The number of hydrogen-bond acceptors (Lipinski definition) is 5. The average molecular weight is 594 g/mol. The molecule has 0 spiro atoms. The molecular formula is C33H24ClN3O2S2. The summed E-state index contributed by atoms with van der Waals surface area (Å²) in [6.45, 7) is 0.849. The third kappa shape index (κ3) is 6.28. The summed E-state index contributed by atoms with van der Waals surface area (Å²) in [5, 5.41) is 5.62. The van der Waals surface area contributed by atoms with Gasteiger partial charge in [-0.1, -0.05) is 108 Å². The zero-order chi connectivity index (χ0) is 28.2. The van der Waals surface area contributed by atoms with Gasteiger partial charge in [0.05, 0.1) is 17.1 Å². The van der Waals surface area contributed by atoms with Gasteiger partial charge < -0.3 is 4.74 Å². The summed E-state index contributed by atoms with van der Waals surface area (Å²) in [5.74, 6) is 0.606. The number of rotatable bonds is 8. The Bertz CT molecular complexity index is 1740. The normalized spacial score (nSPS) is 14.2. The van der Waals surface area contributed by atoms with Crippen LogP contribution in [0.5, 0.6) is 5.75 Å². The van der Waals surface area contributed by atoms with E-state index in [1.807, 2.05) is 126 Å². The van der Waals surface area contributed by atoms with Crippen LogP contribution in [0.3, 0.4) is 0 Å². The van der Waals surface area contributed by atoms with E-state index >= 15 is 0 Å². The average Bonchev–Trinajstić information content (AvgIpc) is 3.54. The van der Waals surface area contributed by atoms with Gasteiger partial charge in [-0.15, -0.1) is 0 Å². The summed E-state index contributed by atoms with van der Waals surface area (Å²) in [4.78, 5) is 15.6. The quantitative estimate of drug-likeness (QED) is 0.134. The fourth-order valence-electron chi connectivity index (χ4n) is 4.45. The first-order valence-corrected chi connectivity index (χ1v) is 14.6. The van der Waals surface area contributed by atoms with Crippen LogP contribution in [0, 0.1) is 0 Å². The molecule has 0 bridgehead atoms. The van der Waals surface area contributed by atoms with E-state index in [2.05, 4.69) is 0 Å². The summed E-state index contributed by atoms with van der Waals surface area (Å²) in [6, 6.07) is 35.1. The maximum atomic E-state index is 13.4. The number of halogens is 1. The first-order chi connectivity index (χ1) is 20.0. The number of aromatic nitrogens is 2. The van der Waals surface area contributed by atoms with Gasteiger partial charge in [-0.2, -0.15) is 5.10 Å². The Hall–Kier alpha value is -4.17. The molecule has 0 radical (unpaired) electrons. The molecule has 5 aromatic rings. The molecule has 5 nitrogen and oxygen atoms in total. The zero-order valence-electron chi connectivity index (χ0n) is 21.8. The predicted octanol–water partition coefficient (Wildman–Crippen LogP) is 8.17. The summed E-state index contributed by atoms with van der Waals surface area (Å²) < 4.78 is 8.45. The van der Waals surface area contributed by atoms with E-state index in [1.54, 1.807) is 4.90 Å². The van der Waals surface area contributed by atoms with E-state index in [-0.39, 0.29) is 5.91 Å². The predicted molar refractivity (Wildman–Crippen MR) is 170 cm³/mol. The van der Waals surface area contributed by atoms with Crippen molar-refractivity contribution in [2.75, 3.05) is 0 Å². The van der Waals surface area contributed by atoms with Gasteiger partial charge in [0.1, 0.15) is 22.4 Å². The monoisotopic (exact) mass is 593 g/mol. The van der Waals surface area contributed by atoms with E-state index in [1.165, 1.54) is 11.8 Å². The van der Waals surface area contributed by atoms with Crippen molar-refractivity contribution < 1.29 is 9.53 Å². The van der Waals surface area contributed by atoms with Crippen LogP contribution < -0.4 is 4.74 Å². The molecule has 0 atom stereocenters. The van der Waals surface area contributed by atoms with Gasteiger partial charge in [0.2, 0.25) is 0 Å². The van der Waals surface area contributed by atoms with Crippen LogP contribution in [0.25, 0.3) is 23.0 Å². The maximum absolute atomic E-state index is 13.4. The molecule has 0 N–H and O–H groups in total. The Morgan fingerprint density at radius 2 is 1.61 bits per heavy atom. The van der Waals surface area contributed by atoms with E-state index in [4.69, 9.17) is 33.7 Å². The maximum Gasteiger partial charge on any atom is 0.266 e. The minimum atomic E-state index is -0.109. The molecule has 202 valence electrons. The van der Waals surface area contributed by atoms with Crippen molar-refractivity contribution in [3.05, 3.63) is 142 Å². The molecular weight excluding hydrogens is 570 g/mol. The lowest BCUT2D eigenvalue weighted by Gasteiger charge is -2.14. The number of nitrogens with zero attached hydrogens (tertiary/aromatic N) is 3. The van der Waals surface area contributed by atoms with Gasteiger partial charge in [0.15, 0.2) is 0 Å². The highest BCUT2D eigenvalue weighted by molar-refractivity contribution is 8.26. The third-order valence-corrected chi connectivity index (χ3v) is 8.16. The van der Waals surface area contributed by atoms with Crippen LogP contribution in [0.15, 0.2) is 120 Å². The van der Waals surface area contributed by atoms with Crippen LogP contribution in [0.1, 0.15) is 16.7 Å². The lowest BCUT2D eigenvalue weighted by molar-refractivity contribution is -0.122. The number of para-hydroxylation sites is 1. The molecule has 41 heavy (non-hydrogen) atoms. The number of ether oxygens (including phenoxy) is 1. The molecule has 1 aliphatic heterocycles. The van der Waals surface area contributed by atoms with Crippen molar-refractivity contribution in [1.82, 2.24) is 14.7 Å². The molecule has 0 unspecified atom stereocenters. The Morgan fingerprint density at radius 1 is 0.878 bits per heavy atom. The lowest BCUT2D eigenvalue weighted by Crippen LogP contribution is -2.27. The molecule has 2 heterocycles. The van der Waals surface area contributed by atoms with E-state index in [9.17, 15) is 4.79 Å². The fraction of sp³-hybridized carbons (Fsp3) is 0.0606. The molecule has 1 aromatic heterocycles. The smallest absolute Gasteiger partial charge is 0.266 e. The highest BCUT2D eigenvalue weighted by Gasteiger charge is 2.32. The molecule has 8 heteroatoms. The van der Waals surface area contributed by atoms with Gasteiger partial charge in [0.25, 0.3) is 5.91 Å². The van der Waals surface area contributed by atoms with Crippen LogP contribution >= 0.6 is 35.6 Å². The second kappa shape index (κ2) is 12.1. The highest BCUT2D eigenvalue weighted by atomic mass is 35.5. The van der Waals surface area contributed by atoms with Gasteiger partial charge in [-0.05, 0) is 53.6 Å². The van der Waals surface area contributed by atoms with Gasteiger partial charge in [0, 0.05) is 22.3 Å². The minimum absolute atomic E-state index is 0.109. The number of carbonyl (C=O) groups is 1. The minimum Gasteiger partial charge on any atom is -0.489 e. The molecule has 4 aromatic carbocycles. The summed E-state index contributed by atoms with van der Waals surface area (Å²) in [5.41, 5.74) is 5.38. The van der Waals surface area contributed by atoms with Gasteiger partial charge >= 0.3 is 0 Å². The SMILES string of the molecule is O=C1C(=Cc2cn(-c3ccccc3)nc2-c2cccc(OCc3ccc(Cl)cc3)c2)SC(=S)N1Cc1ccccc1. The number of thioether (sulfide) groups is 1. The van der Waals surface area contributed by atoms with Crippen molar-refractivity contribution in [3.8, 4) is 22.7 Å². The molecule has 6 rings (SSSR count). The molecule has 1 amide bonds. The first-order valence-electron chi connectivity index (χ1n) is 13.0. The number of amides is 1. The Morgan fingerprint density at radius 3 is 2.37 bits per heavy atom. The molecule has 0 saturated carbocycles. The van der Waals surface area contributed by atoms with Crippen molar-refractivity contribution in [2.45, 2.75) is 13.2 Å². The fourth-order valence-corrected chi connectivity index (χ4v) is 5.83. The van der Waals surface area contributed by atoms with Crippen molar-refractivity contribution in [3.63, 3.8) is 0 Å². The Labute approximate surface area is 253 Å². The molecule has 1 aliphatic rings. The number of thiocarbonyl (C=S) groups is 1. The number of benzene rings is 4. The van der Waals surface area contributed by atoms with Crippen molar-refractivity contribution >= 4 is 51.9 Å². The molecule has 1 fully saturated rings. The second-order valence-corrected chi connectivity index (χ2v) is 11.5. The summed E-state index contributed by atoms with van der Waals surface area (Å²) in [6.07, 6.45) is 3.82. The standard InChI is InChI=1S/C33H24ClN3O2S2/c34-27-16-14-24(15-17-27)22-39-29-13-7-10-25(18-29)31-26(21-37(35-31)28-11-5-2-6-12-28)19-30-32(38)36(33(40)41-30)20-23-8-3-1-4-9-23/h1-19,21H,20,22H2. The first kappa shape index (κ1) is 27.0. The van der Waals surface area contributed by atoms with Gasteiger partial charge in [-0.25, -0.2) is 4.68 Å². The van der Waals surface area contributed by atoms with Crippen LogP contribution in [0.2, 0.25) is 5.02 Å². The molecule has 0 aliphatic carbocycles. The number of hydrogen-bond donors (Lipinski definition) is 0. The Balaban J connectivity index is 1.32. The zero-order valence-corrected chi connectivity index (χ0v) is 24.2. The van der Waals surface area contributed by atoms with E-state index in [0.29, 0.717) is 33.1 Å². The Kier molecular flexibility index (Phi) is 8.00. The van der Waals surface area contributed by atoms with Crippen LogP contribution in [0.4, 0.5) is 0 Å². The molecule has 1 saturated heterocycles. The van der Waals surface area contributed by atoms with Crippen LogP contribution in [-0.2, 0) is 17.9 Å². The van der Waals surface area contributed by atoms with Crippen molar-refractivity contribution in [2.24, 2.45) is 0 Å². The topological polar surface area (TPSA) is 47.4 Å². The van der Waals surface area contributed by atoms with E-state index < -0.39 is 0 Å².